The van der Waals surface area contributed by atoms with E-state index in [4.69, 9.17) is 4.74 Å². The zero-order valence-corrected chi connectivity index (χ0v) is 18.9. The first-order valence-electron chi connectivity index (χ1n) is 10.3. The monoisotopic (exact) mass is 493 g/mol. The molecule has 0 aromatic heterocycles. The predicted molar refractivity (Wildman–Crippen MR) is 118 cm³/mol. The van der Waals surface area contributed by atoms with E-state index in [1.807, 2.05) is 0 Å². The molecule has 0 bridgehead atoms. The van der Waals surface area contributed by atoms with Gasteiger partial charge in [-0.3, -0.25) is 20.4 Å². The number of sulfonamides is 1. The Morgan fingerprint density at radius 3 is 2.38 bits per heavy atom. The fourth-order valence-electron chi connectivity index (χ4n) is 2.98. The highest BCUT2D eigenvalue weighted by atomic mass is 32.2. The molecule has 4 amide bonds. The molecule has 0 saturated carbocycles. The number of rotatable bonds is 7. The summed E-state index contributed by atoms with van der Waals surface area (Å²) < 4.78 is 44.8. The molecule has 1 fully saturated rings. The lowest BCUT2D eigenvalue weighted by Gasteiger charge is -2.26. The number of urea groups is 1. The average Bonchev–Trinajstić information content (AvgIpc) is 2.86. The highest BCUT2D eigenvalue weighted by Crippen LogP contribution is 2.18. The summed E-state index contributed by atoms with van der Waals surface area (Å²) in [7, 11) is -3.78. The second kappa shape index (κ2) is 11.5. The van der Waals surface area contributed by atoms with Gasteiger partial charge in [0, 0.05) is 25.2 Å². The van der Waals surface area contributed by atoms with E-state index < -0.39 is 40.2 Å². The van der Waals surface area contributed by atoms with Crippen LogP contribution in [0.5, 0.6) is 0 Å². The third-order valence-corrected chi connectivity index (χ3v) is 6.69. The number of amides is 4. The fraction of sp³-hybridized carbons (Fsp3) is 0.286. The Kier molecular flexibility index (Phi) is 8.51. The van der Waals surface area contributed by atoms with Crippen LogP contribution in [0, 0.1) is 5.82 Å². The number of hydrazine groups is 1. The van der Waals surface area contributed by atoms with Crippen LogP contribution in [0.25, 0.3) is 0 Å². The minimum atomic E-state index is -3.78. The Morgan fingerprint density at radius 1 is 0.971 bits per heavy atom. The third-order valence-electron chi connectivity index (χ3n) is 4.80. The molecule has 11 nitrogen and oxygen atoms in total. The molecule has 3 rings (SSSR count). The van der Waals surface area contributed by atoms with Crippen LogP contribution in [0.15, 0.2) is 53.4 Å². The van der Waals surface area contributed by atoms with Crippen molar-refractivity contribution in [1.82, 2.24) is 25.8 Å². The molecule has 4 N–H and O–H groups in total. The number of halogens is 1. The number of nitrogens with zero attached hydrogens (tertiary/aromatic N) is 1. The standard InChI is InChI=1S/C21H24FN5O6S/c22-17-6-4-15(5-7-17)13-23-21(30)24-14-19(28)25-26-20(29)16-2-1-3-18(12-16)34(31,32)27-8-10-33-11-9-27/h1-7,12H,8-11,13-14H2,(H,25,28)(H,26,29)(H2,23,24,30). The fourth-order valence-corrected chi connectivity index (χ4v) is 4.44. The van der Waals surface area contributed by atoms with E-state index in [-0.39, 0.29) is 30.1 Å². The Bertz CT molecular complexity index is 1140. The zero-order valence-electron chi connectivity index (χ0n) is 18.0. The third kappa shape index (κ3) is 6.97. The second-order valence-corrected chi connectivity index (χ2v) is 9.15. The van der Waals surface area contributed by atoms with E-state index >= 15 is 0 Å². The summed E-state index contributed by atoms with van der Waals surface area (Å²) in [5, 5.41) is 4.81. The van der Waals surface area contributed by atoms with Crippen molar-refractivity contribution in [1.29, 1.82) is 0 Å². The van der Waals surface area contributed by atoms with Crippen LogP contribution in [0.1, 0.15) is 15.9 Å². The molecule has 2 aromatic carbocycles. The van der Waals surface area contributed by atoms with Crippen molar-refractivity contribution in [2.75, 3.05) is 32.8 Å². The van der Waals surface area contributed by atoms with E-state index in [0.29, 0.717) is 18.8 Å². The second-order valence-electron chi connectivity index (χ2n) is 7.21. The van der Waals surface area contributed by atoms with Crippen molar-refractivity contribution in [2.24, 2.45) is 0 Å². The van der Waals surface area contributed by atoms with Gasteiger partial charge in [-0.15, -0.1) is 0 Å². The lowest BCUT2D eigenvalue weighted by molar-refractivity contribution is -0.120. The number of hydrogen-bond donors (Lipinski definition) is 4. The summed E-state index contributed by atoms with van der Waals surface area (Å²) in [5.74, 6) is -1.83. The molecule has 1 aliphatic rings. The minimum Gasteiger partial charge on any atom is -0.379 e. The van der Waals surface area contributed by atoms with Gasteiger partial charge < -0.3 is 15.4 Å². The molecule has 1 saturated heterocycles. The highest BCUT2D eigenvalue weighted by Gasteiger charge is 2.26. The maximum absolute atomic E-state index is 12.9. The summed E-state index contributed by atoms with van der Waals surface area (Å²) in [6.07, 6.45) is 0. The largest absolute Gasteiger partial charge is 0.379 e. The topological polar surface area (TPSA) is 146 Å². The van der Waals surface area contributed by atoms with Crippen molar-refractivity contribution in [2.45, 2.75) is 11.4 Å². The first-order valence-corrected chi connectivity index (χ1v) is 11.7. The van der Waals surface area contributed by atoms with Gasteiger partial charge >= 0.3 is 6.03 Å². The molecule has 0 aliphatic carbocycles. The van der Waals surface area contributed by atoms with E-state index in [9.17, 15) is 27.2 Å². The van der Waals surface area contributed by atoms with E-state index in [1.54, 1.807) is 0 Å². The number of nitrogens with one attached hydrogen (secondary N) is 4. The van der Waals surface area contributed by atoms with Gasteiger partial charge in [0.25, 0.3) is 11.8 Å². The van der Waals surface area contributed by atoms with Crippen molar-refractivity contribution in [3.05, 3.63) is 65.5 Å². The van der Waals surface area contributed by atoms with Crippen LogP contribution in [0.2, 0.25) is 0 Å². The number of carbonyl (C=O) groups excluding carboxylic acids is 3. The quantitative estimate of drug-likeness (QED) is 0.403. The zero-order chi connectivity index (χ0) is 24.6. The molecular weight excluding hydrogens is 469 g/mol. The normalized spacial score (nSPS) is 14.1. The van der Waals surface area contributed by atoms with Crippen molar-refractivity contribution >= 4 is 27.9 Å². The Balaban J connectivity index is 1.45. The molecule has 182 valence electrons. The summed E-state index contributed by atoms with van der Waals surface area (Å²) in [4.78, 5) is 36.0. The lowest BCUT2D eigenvalue weighted by Crippen LogP contribution is -2.48. The van der Waals surface area contributed by atoms with Gasteiger partial charge in [0.2, 0.25) is 10.0 Å². The van der Waals surface area contributed by atoms with Gasteiger partial charge in [0.1, 0.15) is 12.4 Å². The molecular formula is C21H24FN5O6S. The number of ether oxygens (including phenoxy) is 1. The van der Waals surface area contributed by atoms with Crippen LogP contribution in [-0.4, -0.2) is 63.4 Å². The molecule has 1 heterocycles. The summed E-state index contributed by atoms with van der Waals surface area (Å²) in [5.41, 5.74) is 5.01. The number of benzene rings is 2. The number of hydrogen-bond acceptors (Lipinski definition) is 6. The molecule has 34 heavy (non-hydrogen) atoms. The van der Waals surface area contributed by atoms with E-state index in [0.717, 1.165) is 0 Å². The smallest absolute Gasteiger partial charge is 0.315 e. The Labute approximate surface area is 195 Å². The molecule has 0 atom stereocenters. The van der Waals surface area contributed by atoms with Crippen LogP contribution < -0.4 is 21.5 Å². The molecule has 0 unspecified atom stereocenters. The first kappa shape index (κ1) is 25.1. The van der Waals surface area contributed by atoms with E-state index in [1.165, 1.54) is 52.8 Å². The Hall–Kier alpha value is -3.55. The summed E-state index contributed by atoms with van der Waals surface area (Å²) in [6, 6.07) is 10.3. The van der Waals surface area contributed by atoms with Gasteiger partial charge in [0.05, 0.1) is 18.1 Å². The van der Waals surface area contributed by atoms with E-state index in [2.05, 4.69) is 21.5 Å². The van der Waals surface area contributed by atoms with Crippen LogP contribution in [0.3, 0.4) is 0 Å². The molecule has 1 aliphatic heterocycles. The highest BCUT2D eigenvalue weighted by molar-refractivity contribution is 7.89. The Morgan fingerprint density at radius 2 is 1.68 bits per heavy atom. The van der Waals surface area contributed by atoms with Gasteiger partial charge in [0.15, 0.2) is 0 Å². The van der Waals surface area contributed by atoms with Crippen LogP contribution in [0.4, 0.5) is 9.18 Å². The molecule has 2 aromatic rings. The lowest BCUT2D eigenvalue weighted by atomic mass is 10.2. The van der Waals surface area contributed by atoms with Gasteiger partial charge in [-0.1, -0.05) is 18.2 Å². The van der Waals surface area contributed by atoms with Gasteiger partial charge in [-0.25, -0.2) is 17.6 Å². The number of morpholine rings is 1. The van der Waals surface area contributed by atoms with Crippen molar-refractivity contribution < 1.29 is 31.9 Å². The molecule has 13 heteroatoms. The van der Waals surface area contributed by atoms with Gasteiger partial charge in [-0.05, 0) is 35.9 Å². The van der Waals surface area contributed by atoms with Crippen molar-refractivity contribution in [3.8, 4) is 0 Å². The maximum atomic E-state index is 12.9. The predicted octanol–water partition coefficient (Wildman–Crippen LogP) is 0.107. The van der Waals surface area contributed by atoms with Crippen molar-refractivity contribution in [3.63, 3.8) is 0 Å². The van der Waals surface area contributed by atoms with Crippen LogP contribution >= 0.6 is 0 Å². The first-order chi connectivity index (χ1) is 16.3. The SMILES string of the molecule is O=C(CNC(=O)NCc1ccc(F)cc1)NNC(=O)c1cccc(S(=O)(=O)N2CCOCC2)c1. The molecule has 0 spiro atoms. The van der Waals surface area contributed by atoms with Crippen LogP contribution in [-0.2, 0) is 26.1 Å². The number of carbonyl (C=O) groups is 3. The minimum absolute atomic E-state index is 0.0274. The average molecular weight is 494 g/mol. The molecule has 0 radical (unpaired) electrons. The maximum Gasteiger partial charge on any atom is 0.315 e. The summed E-state index contributed by atoms with van der Waals surface area (Å²) >= 11 is 0. The van der Waals surface area contributed by atoms with Gasteiger partial charge in [-0.2, -0.15) is 4.31 Å². The summed E-state index contributed by atoms with van der Waals surface area (Å²) in [6.45, 7) is 0.737.